The summed E-state index contributed by atoms with van der Waals surface area (Å²) in [5.74, 6) is 1.92. The standard InChI is InChI=1S/C8H12N2O/c1-3-8(11)10-5-4-7(6-10)9-2/h1,7,9H,4-6H2,2H3. The third-order valence-corrected chi connectivity index (χ3v) is 2.01. The van der Waals surface area contributed by atoms with Gasteiger partial charge in [-0.15, -0.1) is 6.42 Å². The number of rotatable bonds is 1. The van der Waals surface area contributed by atoms with Crippen molar-refractivity contribution in [1.29, 1.82) is 0 Å². The average Bonchev–Trinajstić information content (AvgIpc) is 2.50. The predicted octanol–water partition coefficient (Wildman–Crippen LogP) is -0.560. The van der Waals surface area contributed by atoms with Crippen molar-refractivity contribution in [3.05, 3.63) is 0 Å². The Balaban J connectivity index is 2.43. The van der Waals surface area contributed by atoms with E-state index in [4.69, 9.17) is 6.42 Å². The van der Waals surface area contributed by atoms with E-state index < -0.39 is 0 Å². The fourth-order valence-electron chi connectivity index (χ4n) is 1.27. The molecule has 11 heavy (non-hydrogen) atoms. The van der Waals surface area contributed by atoms with Crippen LogP contribution in [0.2, 0.25) is 0 Å². The summed E-state index contributed by atoms with van der Waals surface area (Å²) in [5.41, 5.74) is 0. The Labute approximate surface area is 66.8 Å². The maximum absolute atomic E-state index is 10.9. The Kier molecular flexibility index (Phi) is 2.50. The van der Waals surface area contributed by atoms with Crippen LogP contribution in [0.3, 0.4) is 0 Å². The topological polar surface area (TPSA) is 32.3 Å². The van der Waals surface area contributed by atoms with Gasteiger partial charge in [0.25, 0.3) is 5.91 Å². The fourth-order valence-corrected chi connectivity index (χ4v) is 1.27. The van der Waals surface area contributed by atoms with E-state index >= 15 is 0 Å². The molecule has 1 saturated heterocycles. The van der Waals surface area contributed by atoms with E-state index in [1.807, 2.05) is 7.05 Å². The van der Waals surface area contributed by atoms with Crippen molar-refractivity contribution in [3.8, 4) is 12.3 Å². The first-order valence-corrected chi connectivity index (χ1v) is 3.70. The first-order chi connectivity index (χ1) is 5.27. The molecule has 3 nitrogen and oxygen atoms in total. The molecule has 0 saturated carbocycles. The molecular weight excluding hydrogens is 140 g/mol. The molecule has 1 atom stereocenters. The highest BCUT2D eigenvalue weighted by atomic mass is 16.2. The third-order valence-electron chi connectivity index (χ3n) is 2.01. The molecule has 0 aliphatic carbocycles. The van der Waals surface area contributed by atoms with E-state index in [9.17, 15) is 4.79 Å². The molecule has 0 aromatic carbocycles. The van der Waals surface area contributed by atoms with Gasteiger partial charge in [0, 0.05) is 19.1 Å². The van der Waals surface area contributed by atoms with Crippen LogP contribution < -0.4 is 5.32 Å². The summed E-state index contributed by atoms with van der Waals surface area (Å²) in [6.07, 6.45) is 5.98. The molecule has 1 N–H and O–H groups in total. The van der Waals surface area contributed by atoms with Gasteiger partial charge in [-0.1, -0.05) is 0 Å². The minimum atomic E-state index is -0.192. The molecule has 1 amide bonds. The summed E-state index contributed by atoms with van der Waals surface area (Å²) in [6, 6.07) is 0.423. The van der Waals surface area contributed by atoms with Gasteiger partial charge >= 0.3 is 0 Å². The number of terminal acetylenes is 1. The van der Waals surface area contributed by atoms with Crippen molar-refractivity contribution in [2.24, 2.45) is 0 Å². The molecule has 0 bridgehead atoms. The molecule has 0 radical (unpaired) electrons. The van der Waals surface area contributed by atoms with Crippen molar-refractivity contribution in [2.75, 3.05) is 20.1 Å². The number of likely N-dealkylation sites (tertiary alicyclic amines) is 1. The molecule has 1 fully saturated rings. The molecule has 1 heterocycles. The number of hydrogen-bond acceptors (Lipinski definition) is 2. The van der Waals surface area contributed by atoms with Crippen molar-refractivity contribution in [2.45, 2.75) is 12.5 Å². The smallest absolute Gasteiger partial charge is 0.298 e. The highest BCUT2D eigenvalue weighted by Crippen LogP contribution is 2.07. The van der Waals surface area contributed by atoms with Gasteiger partial charge in [-0.25, -0.2) is 0 Å². The number of carbonyl (C=O) groups is 1. The summed E-state index contributed by atoms with van der Waals surface area (Å²) in [5, 5.41) is 3.11. The van der Waals surface area contributed by atoms with Crippen molar-refractivity contribution < 1.29 is 4.79 Å². The Hall–Kier alpha value is -1.01. The summed E-state index contributed by atoms with van der Waals surface area (Å²) in [4.78, 5) is 12.6. The van der Waals surface area contributed by atoms with Crippen molar-refractivity contribution in [3.63, 3.8) is 0 Å². The third kappa shape index (κ3) is 1.72. The maximum atomic E-state index is 10.9. The minimum absolute atomic E-state index is 0.192. The van der Waals surface area contributed by atoms with E-state index in [1.54, 1.807) is 4.90 Å². The van der Waals surface area contributed by atoms with Crippen molar-refractivity contribution >= 4 is 5.91 Å². The molecule has 1 aliphatic heterocycles. The van der Waals surface area contributed by atoms with E-state index in [2.05, 4.69) is 11.2 Å². The lowest BCUT2D eigenvalue weighted by atomic mass is 10.3. The van der Waals surface area contributed by atoms with Gasteiger partial charge in [0.1, 0.15) is 0 Å². The lowest BCUT2D eigenvalue weighted by Gasteiger charge is -2.11. The zero-order chi connectivity index (χ0) is 8.27. The summed E-state index contributed by atoms with van der Waals surface area (Å²) < 4.78 is 0. The Morgan fingerprint density at radius 2 is 2.55 bits per heavy atom. The van der Waals surface area contributed by atoms with Crippen LogP contribution >= 0.6 is 0 Å². The monoisotopic (exact) mass is 152 g/mol. The van der Waals surface area contributed by atoms with E-state index in [0.29, 0.717) is 6.04 Å². The number of nitrogens with zero attached hydrogens (tertiary/aromatic N) is 1. The zero-order valence-electron chi connectivity index (χ0n) is 6.63. The van der Waals surface area contributed by atoms with Crippen LogP contribution in [-0.4, -0.2) is 37.0 Å². The van der Waals surface area contributed by atoms with Gasteiger partial charge in [-0.2, -0.15) is 0 Å². The molecule has 0 spiro atoms. The largest absolute Gasteiger partial charge is 0.330 e. The van der Waals surface area contributed by atoms with Gasteiger partial charge in [0.05, 0.1) is 0 Å². The summed E-state index contributed by atoms with van der Waals surface area (Å²) in [7, 11) is 1.90. The first-order valence-electron chi connectivity index (χ1n) is 3.70. The van der Waals surface area contributed by atoms with Crippen LogP contribution in [0.15, 0.2) is 0 Å². The van der Waals surface area contributed by atoms with E-state index in [1.165, 1.54) is 0 Å². The predicted molar refractivity (Wildman–Crippen MR) is 42.9 cm³/mol. The summed E-state index contributed by atoms with van der Waals surface area (Å²) in [6.45, 7) is 1.54. The zero-order valence-corrected chi connectivity index (χ0v) is 6.63. The molecular formula is C8H12N2O. The lowest BCUT2D eigenvalue weighted by molar-refractivity contribution is -0.124. The Morgan fingerprint density at radius 1 is 1.82 bits per heavy atom. The number of amides is 1. The Morgan fingerprint density at radius 3 is 3.00 bits per heavy atom. The number of likely N-dealkylation sites (N-methyl/N-ethyl adjacent to an activating group) is 1. The van der Waals surface area contributed by atoms with E-state index in [0.717, 1.165) is 19.5 Å². The fraction of sp³-hybridized carbons (Fsp3) is 0.625. The molecule has 60 valence electrons. The summed E-state index contributed by atoms with van der Waals surface area (Å²) >= 11 is 0. The number of carbonyl (C=O) groups excluding carboxylic acids is 1. The maximum Gasteiger partial charge on any atom is 0.298 e. The highest BCUT2D eigenvalue weighted by Gasteiger charge is 2.23. The quantitative estimate of drug-likeness (QED) is 0.511. The van der Waals surface area contributed by atoms with Crippen LogP contribution in [0.5, 0.6) is 0 Å². The average molecular weight is 152 g/mol. The van der Waals surface area contributed by atoms with Crippen LogP contribution in [-0.2, 0) is 4.79 Å². The molecule has 1 aliphatic rings. The van der Waals surface area contributed by atoms with E-state index in [-0.39, 0.29) is 5.91 Å². The molecule has 3 heteroatoms. The Bertz CT molecular complexity index is 195. The van der Waals surface area contributed by atoms with Gasteiger partial charge in [0.15, 0.2) is 0 Å². The van der Waals surface area contributed by atoms with Crippen LogP contribution in [0.4, 0.5) is 0 Å². The van der Waals surface area contributed by atoms with Gasteiger partial charge in [-0.05, 0) is 19.4 Å². The molecule has 1 unspecified atom stereocenters. The normalized spacial score (nSPS) is 23.3. The second-order valence-corrected chi connectivity index (χ2v) is 2.67. The molecule has 1 rings (SSSR count). The number of nitrogens with one attached hydrogen (secondary N) is 1. The minimum Gasteiger partial charge on any atom is -0.330 e. The van der Waals surface area contributed by atoms with Crippen molar-refractivity contribution in [1.82, 2.24) is 10.2 Å². The molecule has 0 aromatic rings. The first kappa shape index (κ1) is 8.09. The highest BCUT2D eigenvalue weighted by molar-refractivity contribution is 5.93. The number of hydrogen-bond donors (Lipinski definition) is 1. The SMILES string of the molecule is C#CC(=O)N1CCC(NC)C1. The molecule has 0 aromatic heterocycles. The van der Waals surface area contributed by atoms with Gasteiger partial charge in [0.2, 0.25) is 0 Å². The second kappa shape index (κ2) is 3.40. The van der Waals surface area contributed by atoms with Crippen LogP contribution in [0.1, 0.15) is 6.42 Å². The van der Waals surface area contributed by atoms with Crippen LogP contribution in [0.25, 0.3) is 0 Å². The van der Waals surface area contributed by atoms with Gasteiger partial charge in [-0.3, -0.25) is 4.79 Å². The van der Waals surface area contributed by atoms with Crippen LogP contribution in [0, 0.1) is 12.3 Å². The van der Waals surface area contributed by atoms with Gasteiger partial charge < -0.3 is 10.2 Å². The second-order valence-electron chi connectivity index (χ2n) is 2.67. The lowest BCUT2D eigenvalue weighted by Crippen LogP contribution is -2.32.